The van der Waals surface area contributed by atoms with Crippen molar-refractivity contribution >= 4 is 5.91 Å². The molecule has 0 fully saturated rings. The summed E-state index contributed by atoms with van der Waals surface area (Å²) in [5.41, 5.74) is 5.19. The summed E-state index contributed by atoms with van der Waals surface area (Å²) in [5, 5.41) is 2.37. The average molecular weight is 246 g/mol. The largest absolute Gasteiger partial charge is 0.416 e. The Morgan fingerprint density at radius 1 is 1.47 bits per heavy atom. The smallest absolute Gasteiger partial charge is 0.359 e. The maximum Gasteiger partial charge on any atom is 0.416 e. The van der Waals surface area contributed by atoms with E-state index < -0.39 is 17.8 Å². The quantitative estimate of drug-likeness (QED) is 0.855. The average Bonchev–Trinajstić information content (AvgIpc) is 2.28. The Morgan fingerprint density at radius 2 is 2.12 bits per heavy atom. The van der Waals surface area contributed by atoms with E-state index in [0.29, 0.717) is 5.56 Å². The van der Waals surface area contributed by atoms with Gasteiger partial charge in [-0.1, -0.05) is 12.1 Å². The third-order valence-corrected chi connectivity index (χ3v) is 2.33. The van der Waals surface area contributed by atoms with Crippen LogP contribution >= 0.6 is 0 Å². The summed E-state index contributed by atoms with van der Waals surface area (Å²) in [6.45, 7) is 0. The van der Waals surface area contributed by atoms with Crippen molar-refractivity contribution in [2.45, 2.75) is 18.6 Å². The van der Waals surface area contributed by atoms with Gasteiger partial charge < -0.3 is 11.1 Å². The van der Waals surface area contributed by atoms with Crippen LogP contribution in [-0.2, 0) is 11.0 Å². The fourth-order valence-corrected chi connectivity index (χ4v) is 1.37. The van der Waals surface area contributed by atoms with Gasteiger partial charge in [0.05, 0.1) is 5.56 Å². The molecule has 0 aliphatic carbocycles. The van der Waals surface area contributed by atoms with Crippen LogP contribution in [0.3, 0.4) is 0 Å². The molecule has 1 aromatic rings. The van der Waals surface area contributed by atoms with Crippen molar-refractivity contribution < 1.29 is 18.0 Å². The van der Waals surface area contributed by atoms with E-state index in [-0.39, 0.29) is 12.3 Å². The molecule has 17 heavy (non-hydrogen) atoms. The van der Waals surface area contributed by atoms with Crippen molar-refractivity contribution in [3.05, 3.63) is 35.4 Å². The summed E-state index contributed by atoms with van der Waals surface area (Å²) in [6.07, 6.45) is -4.44. The number of hydrogen-bond acceptors (Lipinski definition) is 2. The molecule has 3 nitrogen and oxygen atoms in total. The van der Waals surface area contributed by atoms with Gasteiger partial charge in [0.15, 0.2) is 0 Å². The van der Waals surface area contributed by atoms with Crippen LogP contribution in [0.1, 0.15) is 23.6 Å². The van der Waals surface area contributed by atoms with E-state index in [0.717, 1.165) is 12.1 Å². The van der Waals surface area contributed by atoms with Gasteiger partial charge >= 0.3 is 6.18 Å². The Balaban J connectivity index is 2.88. The maximum absolute atomic E-state index is 12.4. The number of carbonyl (C=O) groups excluding carboxylic acids is 1. The lowest BCUT2D eigenvalue weighted by molar-refractivity contribution is -0.137. The Morgan fingerprint density at radius 3 is 2.65 bits per heavy atom. The molecule has 6 heteroatoms. The summed E-state index contributed by atoms with van der Waals surface area (Å²) in [4.78, 5) is 11.1. The zero-order valence-corrected chi connectivity index (χ0v) is 9.21. The molecule has 0 aliphatic rings. The second-order valence-electron chi connectivity index (χ2n) is 3.61. The van der Waals surface area contributed by atoms with Crippen molar-refractivity contribution in [3.8, 4) is 0 Å². The summed E-state index contributed by atoms with van der Waals surface area (Å²) in [6, 6.07) is 3.95. The maximum atomic E-state index is 12.4. The van der Waals surface area contributed by atoms with Crippen LogP contribution in [0.2, 0.25) is 0 Å². The number of nitrogens with one attached hydrogen (secondary N) is 1. The highest BCUT2D eigenvalue weighted by molar-refractivity contribution is 5.76. The van der Waals surface area contributed by atoms with Gasteiger partial charge in [0.25, 0.3) is 0 Å². The summed E-state index contributed by atoms with van der Waals surface area (Å²) < 4.78 is 37.3. The minimum absolute atomic E-state index is 0.0438. The van der Waals surface area contributed by atoms with E-state index in [4.69, 9.17) is 5.73 Å². The monoisotopic (exact) mass is 246 g/mol. The van der Waals surface area contributed by atoms with Crippen molar-refractivity contribution in [1.29, 1.82) is 0 Å². The molecule has 1 unspecified atom stereocenters. The molecule has 1 amide bonds. The molecule has 0 saturated carbocycles. The Labute approximate surface area is 96.8 Å². The zero-order chi connectivity index (χ0) is 13.1. The standard InChI is InChI=1S/C11H13F3N2O/c1-16-10(17)6-9(15)7-3-2-4-8(5-7)11(12,13)14/h2-5,9H,6,15H2,1H3,(H,16,17). The Kier molecular flexibility index (Phi) is 4.11. The summed E-state index contributed by atoms with van der Waals surface area (Å²) in [5.74, 6) is -0.310. The minimum atomic E-state index is -4.40. The van der Waals surface area contributed by atoms with Gasteiger partial charge in [-0.2, -0.15) is 13.2 Å². The van der Waals surface area contributed by atoms with Crippen LogP contribution in [0.4, 0.5) is 13.2 Å². The number of halogens is 3. The first-order valence-electron chi connectivity index (χ1n) is 4.98. The topological polar surface area (TPSA) is 55.1 Å². The van der Waals surface area contributed by atoms with Crippen molar-refractivity contribution in [1.82, 2.24) is 5.32 Å². The molecule has 1 rings (SSSR count). The van der Waals surface area contributed by atoms with Gasteiger partial charge in [-0.25, -0.2) is 0 Å². The molecule has 0 saturated heterocycles. The van der Waals surface area contributed by atoms with Gasteiger partial charge in [0.1, 0.15) is 0 Å². The van der Waals surface area contributed by atoms with Crippen molar-refractivity contribution in [2.75, 3.05) is 7.05 Å². The lowest BCUT2D eigenvalue weighted by Crippen LogP contribution is -2.24. The van der Waals surface area contributed by atoms with E-state index in [1.165, 1.54) is 19.2 Å². The number of amides is 1. The van der Waals surface area contributed by atoms with E-state index in [2.05, 4.69) is 5.32 Å². The number of carbonyl (C=O) groups is 1. The second-order valence-corrected chi connectivity index (χ2v) is 3.61. The molecule has 0 aromatic heterocycles. The van der Waals surface area contributed by atoms with Gasteiger partial charge in [0, 0.05) is 19.5 Å². The molecule has 0 spiro atoms. The first-order valence-corrected chi connectivity index (χ1v) is 4.98. The fraction of sp³-hybridized carbons (Fsp3) is 0.364. The van der Waals surface area contributed by atoms with E-state index in [1.807, 2.05) is 0 Å². The Bertz CT molecular complexity index is 404. The highest BCUT2D eigenvalue weighted by Gasteiger charge is 2.30. The number of rotatable bonds is 3. The number of nitrogens with two attached hydrogens (primary N) is 1. The van der Waals surface area contributed by atoms with Gasteiger partial charge in [-0.05, 0) is 17.7 Å². The van der Waals surface area contributed by atoms with Crippen LogP contribution in [0.25, 0.3) is 0 Å². The number of benzene rings is 1. The van der Waals surface area contributed by atoms with Gasteiger partial charge in [-0.15, -0.1) is 0 Å². The third kappa shape index (κ3) is 3.74. The minimum Gasteiger partial charge on any atom is -0.359 e. The molecule has 1 aromatic carbocycles. The van der Waals surface area contributed by atoms with Crippen LogP contribution in [0.15, 0.2) is 24.3 Å². The van der Waals surface area contributed by atoms with Crippen molar-refractivity contribution in [2.24, 2.45) is 5.73 Å². The molecular formula is C11H13F3N2O. The SMILES string of the molecule is CNC(=O)CC(N)c1cccc(C(F)(F)F)c1. The van der Waals surface area contributed by atoms with E-state index in [9.17, 15) is 18.0 Å². The predicted molar refractivity (Wildman–Crippen MR) is 57.1 cm³/mol. The third-order valence-electron chi connectivity index (χ3n) is 2.33. The van der Waals surface area contributed by atoms with Crippen molar-refractivity contribution in [3.63, 3.8) is 0 Å². The highest BCUT2D eigenvalue weighted by atomic mass is 19.4. The molecule has 0 bridgehead atoms. The molecular weight excluding hydrogens is 233 g/mol. The van der Waals surface area contributed by atoms with Crippen LogP contribution in [0.5, 0.6) is 0 Å². The highest BCUT2D eigenvalue weighted by Crippen LogP contribution is 2.30. The Hall–Kier alpha value is -1.56. The number of hydrogen-bond donors (Lipinski definition) is 2. The fourth-order valence-electron chi connectivity index (χ4n) is 1.37. The normalized spacial score (nSPS) is 13.2. The summed E-state index contributed by atoms with van der Waals surface area (Å²) in [7, 11) is 1.45. The van der Waals surface area contributed by atoms with E-state index >= 15 is 0 Å². The zero-order valence-electron chi connectivity index (χ0n) is 9.21. The first-order chi connectivity index (χ1) is 7.84. The van der Waals surface area contributed by atoms with Crippen LogP contribution < -0.4 is 11.1 Å². The van der Waals surface area contributed by atoms with Gasteiger partial charge in [0.2, 0.25) is 5.91 Å². The molecule has 0 heterocycles. The lowest BCUT2D eigenvalue weighted by Gasteiger charge is -2.13. The molecule has 1 atom stereocenters. The van der Waals surface area contributed by atoms with Crippen LogP contribution in [0, 0.1) is 0 Å². The number of alkyl halides is 3. The molecule has 0 radical (unpaired) electrons. The molecule has 94 valence electrons. The molecule has 3 N–H and O–H groups in total. The van der Waals surface area contributed by atoms with Gasteiger partial charge in [-0.3, -0.25) is 4.79 Å². The molecule has 0 aliphatic heterocycles. The van der Waals surface area contributed by atoms with E-state index in [1.54, 1.807) is 0 Å². The lowest BCUT2D eigenvalue weighted by atomic mass is 10.0. The van der Waals surface area contributed by atoms with Crippen LogP contribution in [-0.4, -0.2) is 13.0 Å². The summed E-state index contributed by atoms with van der Waals surface area (Å²) >= 11 is 0. The first kappa shape index (κ1) is 13.5. The second kappa shape index (κ2) is 5.18. The predicted octanol–water partition coefficient (Wildman–Crippen LogP) is 1.84.